The van der Waals surface area contributed by atoms with Crippen LogP contribution in [0, 0.1) is 0 Å². The fourth-order valence-corrected chi connectivity index (χ4v) is 3.91. The van der Waals surface area contributed by atoms with E-state index in [9.17, 15) is 0 Å². The minimum atomic E-state index is 0.640. The largest absolute Gasteiger partial charge is 0.208 e. The lowest BCUT2D eigenvalue weighted by Crippen LogP contribution is -2.00. The van der Waals surface area contributed by atoms with Crippen molar-refractivity contribution in [1.82, 2.24) is 15.0 Å². The first-order valence-corrected chi connectivity index (χ1v) is 10.8. The number of aromatic nitrogens is 3. The van der Waals surface area contributed by atoms with Crippen LogP contribution in [0.15, 0.2) is 114 Å². The summed E-state index contributed by atoms with van der Waals surface area (Å²) in [7, 11) is 0. The van der Waals surface area contributed by atoms with Crippen LogP contribution in [-0.2, 0) is 0 Å². The van der Waals surface area contributed by atoms with Gasteiger partial charge in [0, 0.05) is 21.2 Å². The van der Waals surface area contributed by atoms with Crippen LogP contribution >= 0.6 is 15.9 Å². The van der Waals surface area contributed by atoms with Gasteiger partial charge in [-0.3, -0.25) is 0 Å². The van der Waals surface area contributed by atoms with Gasteiger partial charge in [-0.05, 0) is 23.3 Å². The molecule has 0 unspecified atom stereocenters. The molecule has 0 fully saturated rings. The quantitative estimate of drug-likeness (QED) is 0.280. The van der Waals surface area contributed by atoms with E-state index in [-0.39, 0.29) is 0 Å². The molecule has 148 valence electrons. The van der Waals surface area contributed by atoms with E-state index in [1.807, 2.05) is 84.9 Å². The second-order valence-electron chi connectivity index (χ2n) is 7.10. The summed E-state index contributed by atoms with van der Waals surface area (Å²) in [6, 6.07) is 36.6. The summed E-state index contributed by atoms with van der Waals surface area (Å²) >= 11 is 3.64. The van der Waals surface area contributed by atoms with Crippen LogP contribution < -0.4 is 0 Å². The average Bonchev–Trinajstić information content (AvgIpc) is 2.85. The number of benzene rings is 4. The topological polar surface area (TPSA) is 38.7 Å². The van der Waals surface area contributed by atoms with Crippen molar-refractivity contribution in [2.45, 2.75) is 0 Å². The van der Waals surface area contributed by atoms with Gasteiger partial charge in [0.15, 0.2) is 17.5 Å². The number of hydrogen-bond acceptors (Lipinski definition) is 3. The summed E-state index contributed by atoms with van der Waals surface area (Å²) in [4.78, 5) is 14.5. The fraction of sp³-hybridized carbons (Fsp3) is 0. The van der Waals surface area contributed by atoms with E-state index in [0.29, 0.717) is 17.5 Å². The Morgan fingerprint density at radius 1 is 0.419 bits per heavy atom. The molecule has 0 aliphatic heterocycles. The van der Waals surface area contributed by atoms with Crippen LogP contribution in [0.4, 0.5) is 0 Å². The van der Waals surface area contributed by atoms with E-state index in [4.69, 9.17) is 15.0 Å². The van der Waals surface area contributed by atoms with Gasteiger partial charge >= 0.3 is 0 Å². The first-order chi connectivity index (χ1) is 15.3. The highest BCUT2D eigenvalue weighted by Crippen LogP contribution is 2.30. The Hall–Kier alpha value is -3.63. The highest BCUT2D eigenvalue weighted by molar-refractivity contribution is 9.10. The molecule has 0 saturated carbocycles. The summed E-state index contributed by atoms with van der Waals surface area (Å²) in [5.74, 6) is 1.94. The highest BCUT2D eigenvalue weighted by Gasteiger charge is 2.14. The van der Waals surface area contributed by atoms with Gasteiger partial charge in [0.25, 0.3) is 0 Å². The minimum absolute atomic E-state index is 0.640. The van der Waals surface area contributed by atoms with Crippen LogP contribution in [0.1, 0.15) is 0 Å². The maximum Gasteiger partial charge on any atom is 0.165 e. The molecule has 0 N–H and O–H groups in total. The molecule has 0 bridgehead atoms. The molecule has 1 heterocycles. The lowest BCUT2D eigenvalue weighted by molar-refractivity contribution is 1.07. The maximum atomic E-state index is 4.84. The molecular formula is C27H18BrN3. The normalized spacial score (nSPS) is 10.7. The summed E-state index contributed by atoms with van der Waals surface area (Å²) in [6.07, 6.45) is 0. The van der Waals surface area contributed by atoms with Crippen LogP contribution in [-0.4, -0.2) is 15.0 Å². The van der Waals surface area contributed by atoms with Crippen molar-refractivity contribution in [3.63, 3.8) is 0 Å². The van der Waals surface area contributed by atoms with E-state index >= 15 is 0 Å². The molecule has 0 radical (unpaired) electrons. The monoisotopic (exact) mass is 463 g/mol. The smallest absolute Gasteiger partial charge is 0.165 e. The number of rotatable bonds is 4. The molecule has 0 atom stereocenters. The van der Waals surface area contributed by atoms with Crippen molar-refractivity contribution in [2.75, 3.05) is 0 Å². The maximum absolute atomic E-state index is 4.84. The second kappa shape index (κ2) is 8.62. The van der Waals surface area contributed by atoms with E-state index in [0.717, 1.165) is 32.3 Å². The van der Waals surface area contributed by atoms with E-state index in [1.54, 1.807) is 0 Å². The van der Waals surface area contributed by atoms with Crippen molar-refractivity contribution < 1.29 is 0 Å². The Bertz CT molecular complexity index is 1340. The van der Waals surface area contributed by atoms with Gasteiger partial charge in [0.2, 0.25) is 0 Å². The summed E-state index contributed by atoms with van der Waals surface area (Å²) in [6.45, 7) is 0. The predicted octanol–water partition coefficient (Wildman–Crippen LogP) is 7.30. The van der Waals surface area contributed by atoms with Crippen LogP contribution in [0.5, 0.6) is 0 Å². The Kier molecular flexibility index (Phi) is 5.38. The van der Waals surface area contributed by atoms with Crippen molar-refractivity contribution >= 4 is 15.9 Å². The third-order valence-electron chi connectivity index (χ3n) is 5.01. The van der Waals surface area contributed by atoms with E-state index in [2.05, 4.69) is 40.2 Å². The molecule has 1 aromatic heterocycles. The van der Waals surface area contributed by atoms with Crippen LogP contribution in [0.2, 0.25) is 0 Å². The molecule has 0 aliphatic rings. The molecule has 0 amide bonds. The lowest BCUT2D eigenvalue weighted by atomic mass is 10.0. The van der Waals surface area contributed by atoms with E-state index < -0.39 is 0 Å². The zero-order chi connectivity index (χ0) is 21.0. The van der Waals surface area contributed by atoms with Gasteiger partial charge < -0.3 is 0 Å². The molecule has 31 heavy (non-hydrogen) atoms. The molecule has 0 saturated heterocycles. The Morgan fingerprint density at radius 3 is 1.65 bits per heavy atom. The molecular weight excluding hydrogens is 446 g/mol. The van der Waals surface area contributed by atoms with E-state index in [1.165, 1.54) is 0 Å². The summed E-state index contributed by atoms with van der Waals surface area (Å²) in [5.41, 5.74) is 5.13. The molecule has 3 nitrogen and oxygen atoms in total. The standard InChI is InChI=1S/C27H18BrN3/c28-24-17-8-7-16-23(24)27-30-25(20-12-5-2-6-13-20)29-26(31-27)22-15-9-14-21(18-22)19-10-3-1-4-11-19/h1-18H. The lowest BCUT2D eigenvalue weighted by Gasteiger charge is -2.10. The molecule has 4 aromatic carbocycles. The van der Waals surface area contributed by atoms with Crippen LogP contribution in [0.25, 0.3) is 45.3 Å². The SMILES string of the molecule is Brc1ccccc1-c1nc(-c2ccccc2)nc(-c2cccc(-c3ccccc3)c2)n1. The number of hydrogen-bond donors (Lipinski definition) is 0. The number of nitrogens with zero attached hydrogens (tertiary/aromatic N) is 3. The highest BCUT2D eigenvalue weighted by atomic mass is 79.9. The van der Waals surface area contributed by atoms with Gasteiger partial charge in [-0.2, -0.15) is 0 Å². The Balaban J connectivity index is 1.69. The average molecular weight is 464 g/mol. The summed E-state index contributed by atoms with van der Waals surface area (Å²) in [5, 5.41) is 0. The van der Waals surface area contributed by atoms with Crippen molar-refractivity contribution in [3.05, 3.63) is 114 Å². The second-order valence-corrected chi connectivity index (χ2v) is 7.95. The molecule has 5 aromatic rings. The molecule has 4 heteroatoms. The fourth-order valence-electron chi connectivity index (χ4n) is 3.45. The molecule has 0 aliphatic carbocycles. The number of halogens is 1. The molecule has 5 rings (SSSR count). The Labute approximate surface area is 189 Å². The first kappa shape index (κ1) is 19.3. The van der Waals surface area contributed by atoms with Gasteiger partial charge in [0.1, 0.15) is 0 Å². The van der Waals surface area contributed by atoms with Gasteiger partial charge in [-0.25, -0.2) is 15.0 Å². The zero-order valence-electron chi connectivity index (χ0n) is 16.6. The predicted molar refractivity (Wildman–Crippen MR) is 129 cm³/mol. The van der Waals surface area contributed by atoms with Gasteiger partial charge in [-0.1, -0.05) is 113 Å². The third kappa shape index (κ3) is 4.16. The van der Waals surface area contributed by atoms with Gasteiger partial charge in [0.05, 0.1) is 0 Å². The third-order valence-corrected chi connectivity index (χ3v) is 5.70. The Morgan fingerprint density at radius 2 is 0.935 bits per heavy atom. The zero-order valence-corrected chi connectivity index (χ0v) is 18.2. The van der Waals surface area contributed by atoms with Crippen LogP contribution in [0.3, 0.4) is 0 Å². The van der Waals surface area contributed by atoms with Crippen molar-refractivity contribution in [1.29, 1.82) is 0 Å². The van der Waals surface area contributed by atoms with Crippen molar-refractivity contribution in [3.8, 4) is 45.3 Å². The van der Waals surface area contributed by atoms with Crippen molar-refractivity contribution in [2.24, 2.45) is 0 Å². The van der Waals surface area contributed by atoms with Gasteiger partial charge in [-0.15, -0.1) is 0 Å². The first-order valence-electron chi connectivity index (χ1n) is 10.0. The summed E-state index contributed by atoms with van der Waals surface area (Å²) < 4.78 is 0.948. The molecule has 0 spiro atoms. The minimum Gasteiger partial charge on any atom is -0.208 e.